The van der Waals surface area contributed by atoms with Crippen LogP contribution < -0.4 is 5.32 Å². The second kappa shape index (κ2) is 9.79. The first kappa shape index (κ1) is 24.7. The van der Waals surface area contributed by atoms with Crippen LogP contribution >= 0.6 is 0 Å². The van der Waals surface area contributed by atoms with Crippen LogP contribution in [0.2, 0.25) is 0 Å². The molecule has 1 saturated heterocycles. The number of hydrogen-bond donors (Lipinski definition) is 2. The molecule has 0 saturated carbocycles. The molecule has 37 heavy (non-hydrogen) atoms. The molecule has 0 unspecified atom stereocenters. The Morgan fingerprint density at radius 2 is 1.92 bits per heavy atom. The molecule has 2 aromatic heterocycles. The van der Waals surface area contributed by atoms with E-state index in [0.29, 0.717) is 11.3 Å². The number of aromatic nitrogens is 2. The molecule has 0 bridgehead atoms. The minimum absolute atomic E-state index is 0.0164. The topological polar surface area (TPSA) is 80.7 Å². The number of likely N-dealkylation sites (tertiary alicyclic amines) is 1. The van der Waals surface area contributed by atoms with E-state index in [1.54, 1.807) is 6.07 Å². The van der Waals surface area contributed by atoms with Gasteiger partial charge in [0.05, 0.1) is 23.0 Å². The summed E-state index contributed by atoms with van der Waals surface area (Å²) in [4.78, 5) is 7.28. The number of nitrogens with zero attached hydrogens (tertiary/aromatic N) is 4. The number of fused-ring (bicyclic) bond motifs is 1. The number of benzene rings is 2. The van der Waals surface area contributed by atoms with Crippen LogP contribution in [0.25, 0.3) is 33.3 Å². The molecule has 1 aliphatic heterocycles. The number of piperidine rings is 1. The van der Waals surface area contributed by atoms with Gasteiger partial charge in [0.2, 0.25) is 0 Å². The van der Waals surface area contributed by atoms with Crippen molar-refractivity contribution in [1.82, 2.24) is 14.5 Å². The maximum absolute atomic E-state index is 14.8. The predicted molar refractivity (Wildman–Crippen MR) is 148 cm³/mol. The van der Waals surface area contributed by atoms with E-state index < -0.39 is 5.82 Å². The summed E-state index contributed by atoms with van der Waals surface area (Å²) < 4.78 is 17.1. The molecule has 2 aromatic carbocycles. The number of rotatable bonds is 6. The van der Waals surface area contributed by atoms with Gasteiger partial charge in [0.15, 0.2) is 0 Å². The van der Waals surface area contributed by atoms with Gasteiger partial charge in [-0.2, -0.15) is 5.26 Å². The minimum atomic E-state index is -0.549. The van der Waals surface area contributed by atoms with Crippen LogP contribution in [0.4, 0.5) is 10.1 Å². The van der Waals surface area contributed by atoms with Crippen LogP contribution in [0.1, 0.15) is 30.9 Å². The van der Waals surface area contributed by atoms with Gasteiger partial charge in [-0.25, -0.2) is 4.39 Å². The highest BCUT2D eigenvalue weighted by Gasteiger charge is 2.30. The van der Waals surface area contributed by atoms with Gasteiger partial charge in [-0.1, -0.05) is 19.1 Å². The lowest BCUT2D eigenvalue weighted by atomic mass is 9.80. The molecule has 0 amide bonds. The van der Waals surface area contributed by atoms with Gasteiger partial charge in [0.25, 0.3) is 0 Å². The van der Waals surface area contributed by atoms with Crippen molar-refractivity contribution in [2.75, 3.05) is 32.5 Å². The Kier molecular flexibility index (Phi) is 6.53. The van der Waals surface area contributed by atoms with Gasteiger partial charge in [-0.05, 0) is 74.3 Å². The van der Waals surface area contributed by atoms with Crippen molar-refractivity contribution in [2.45, 2.75) is 26.3 Å². The Bertz CT molecular complexity index is 1520. The predicted octanol–water partition coefficient (Wildman–Crippen LogP) is 6.15. The lowest BCUT2D eigenvalue weighted by molar-refractivity contribution is 0.122. The third kappa shape index (κ3) is 4.61. The minimum Gasteiger partial charge on any atom is -0.388 e. The quantitative estimate of drug-likeness (QED) is 0.315. The summed E-state index contributed by atoms with van der Waals surface area (Å²) in [7, 11) is 4.00. The molecule has 6 nitrogen and oxygen atoms in total. The fourth-order valence-electron chi connectivity index (χ4n) is 5.35. The Morgan fingerprint density at radius 1 is 1.16 bits per heavy atom. The van der Waals surface area contributed by atoms with Crippen molar-refractivity contribution < 1.29 is 4.39 Å². The Morgan fingerprint density at radius 3 is 2.59 bits per heavy atom. The number of halogens is 1. The van der Waals surface area contributed by atoms with Crippen molar-refractivity contribution in [1.29, 1.82) is 10.7 Å². The average Bonchev–Trinajstić information content (AvgIpc) is 3.31. The molecule has 3 heterocycles. The number of nitriles is 1. The third-order valence-corrected chi connectivity index (χ3v) is 7.70. The molecule has 188 valence electrons. The highest BCUT2D eigenvalue weighted by Crippen LogP contribution is 2.40. The monoisotopic (exact) mass is 494 g/mol. The molecule has 0 spiro atoms. The molecule has 7 heteroatoms. The van der Waals surface area contributed by atoms with Gasteiger partial charge in [0, 0.05) is 53.8 Å². The summed E-state index contributed by atoms with van der Waals surface area (Å²) in [5, 5.41) is 21.2. The zero-order valence-corrected chi connectivity index (χ0v) is 21.5. The van der Waals surface area contributed by atoms with E-state index in [1.165, 1.54) is 18.3 Å². The molecular weight excluding hydrogens is 463 g/mol. The molecule has 0 radical (unpaired) electrons. The van der Waals surface area contributed by atoms with E-state index in [2.05, 4.69) is 41.0 Å². The second-order valence-corrected chi connectivity index (χ2v) is 10.3. The lowest BCUT2D eigenvalue weighted by Gasteiger charge is -2.38. The third-order valence-electron chi connectivity index (χ3n) is 7.70. The zero-order valence-electron chi connectivity index (χ0n) is 21.5. The van der Waals surface area contributed by atoms with Crippen LogP contribution in [0.15, 0.2) is 54.9 Å². The standard InChI is InChI=1S/C30H31FN6/c1-30(9-12-36(3)13-10-30)19-37-11-8-24-27(37)18-35-29(21-6-7-26(34-2)23(14-21)17-33)28(24)20-4-5-22(16-32)25(31)15-20/h4-8,11,14-15,17-18,33-34H,9-10,12-13,19H2,1-3H3. The number of pyridine rings is 1. The molecule has 2 N–H and O–H groups in total. The maximum atomic E-state index is 14.8. The Labute approximate surface area is 216 Å². The van der Waals surface area contributed by atoms with Crippen LogP contribution in [0.5, 0.6) is 0 Å². The first-order valence-electron chi connectivity index (χ1n) is 12.5. The highest BCUT2D eigenvalue weighted by atomic mass is 19.1. The molecule has 4 aromatic rings. The number of hydrogen-bond acceptors (Lipinski definition) is 5. The van der Waals surface area contributed by atoms with E-state index >= 15 is 0 Å². The van der Waals surface area contributed by atoms with Gasteiger partial charge < -0.3 is 20.2 Å². The summed E-state index contributed by atoms with van der Waals surface area (Å²) in [6.07, 6.45) is 7.59. The van der Waals surface area contributed by atoms with E-state index in [-0.39, 0.29) is 11.0 Å². The van der Waals surface area contributed by atoms with Crippen LogP contribution in [0.3, 0.4) is 0 Å². The summed E-state index contributed by atoms with van der Waals surface area (Å²) in [5.74, 6) is -0.549. The largest absolute Gasteiger partial charge is 0.388 e. The first-order chi connectivity index (χ1) is 17.9. The van der Waals surface area contributed by atoms with Crippen molar-refractivity contribution in [3.8, 4) is 28.5 Å². The highest BCUT2D eigenvalue weighted by molar-refractivity contribution is 6.02. The van der Waals surface area contributed by atoms with Crippen molar-refractivity contribution in [3.63, 3.8) is 0 Å². The Hall–Kier alpha value is -4.02. The van der Waals surface area contributed by atoms with Gasteiger partial charge >= 0.3 is 0 Å². The second-order valence-electron chi connectivity index (χ2n) is 10.3. The van der Waals surface area contributed by atoms with Crippen molar-refractivity contribution in [3.05, 3.63) is 71.8 Å². The van der Waals surface area contributed by atoms with Crippen molar-refractivity contribution in [2.24, 2.45) is 5.41 Å². The van der Waals surface area contributed by atoms with E-state index in [4.69, 9.17) is 10.4 Å². The SMILES string of the molecule is CNc1ccc(-c2ncc3c(ccn3CC3(C)CCN(C)CC3)c2-c2ccc(C#N)c(F)c2)cc1C=N. The van der Waals surface area contributed by atoms with Crippen LogP contribution in [0, 0.1) is 28.0 Å². The number of anilines is 1. The first-order valence-corrected chi connectivity index (χ1v) is 12.5. The van der Waals surface area contributed by atoms with Crippen molar-refractivity contribution >= 4 is 22.8 Å². The molecule has 0 aliphatic carbocycles. The summed E-state index contributed by atoms with van der Waals surface area (Å²) in [6.45, 7) is 5.42. The van der Waals surface area contributed by atoms with Gasteiger partial charge in [-0.15, -0.1) is 0 Å². The average molecular weight is 495 g/mol. The fraction of sp³-hybridized carbons (Fsp3) is 0.300. The normalized spacial score (nSPS) is 15.4. The zero-order chi connectivity index (χ0) is 26.2. The maximum Gasteiger partial charge on any atom is 0.141 e. The molecule has 5 rings (SSSR count). The van der Waals surface area contributed by atoms with E-state index in [1.807, 2.05) is 37.5 Å². The number of nitrogens with one attached hydrogen (secondary N) is 2. The summed E-state index contributed by atoms with van der Waals surface area (Å²) >= 11 is 0. The van der Waals surface area contributed by atoms with Crippen LogP contribution in [-0.2, 0) is 6.54 Å². The summed E-state index contributed by atoms with van der Waals surface area (Å²) in [6, 6.07) is 14.6. The molecular formula is C30H31FN6. The van der Waals surface area contributed by atoms with E-state index in [9.17, 15) is 9.65 Å². The molecule has 0 atom stereocenters. The lowest BCUT2D eigenvalue weighted by Crippen LogP contribution is -2.38. The Balaban J connectivity index is 1.68. The van der Waals surface area contributed by atoms with Gasteiger partial charge in [-0.3, -0.25) is 4.98 Å². The summed E-state index contributed by atoms with van der Waals surface area (Å²) in [5.41, 5.74) is 5.85. The smallest absolute Gasteiger partial charge is 0.141 e. The van der Waals surface area contributed by atoms with E-state index in [0.717, 1.165) is 65.8 Å². The van der Waals surface area contributed by atoms with Gasteiger partial charge in [0.1, 0.15) is 11.9 Å². The fourth-order valence-corrected chi connectivity index (χ4v) is 5.35. The van der Waals surface area contributed by atoms with Crippen LogP contribution in [-0.4, -0.2) is 47.9 Å². The molecule has 1 aliphatic rings. The molecule has 1 fully saturated rings.